The number of amides is 4. The molecule has 8 aromatic rings. The third kappa shape index (κ3) is 19.1. The van der Waals surface area contributed by atoms with Gasteiger partial charge in [-0.25, -0.2) is 12.8 Å². The van der Waals surface area contributed by atoms with Crippen molar-refractivity contribution >= 4 is 56.8 Å². The second-order valence-corrected chi connectivity index (χ2v) is 38.4. The minimum Gasteiger partial charge on any atom is -0.493 e. The maximum atomic E-state index is 15.9. The fourth-order valence-corrected chi connectivity index (χ4v) is 21.2. The molecule has 1 N–H and O–H groups in total. The summed E-state index contributed by atoms with van der Waals surface area (Å²) in [6.07, 6.45) is -17.0. The van der Waals surface area contributed by atoms with E-state index in [1.54, 1.807) is 126 Å². The molecule has 24 nitrogen and oxygen atoms in total. The number of ether oxygens (including phenoxy) is 4. The number of sulfone groups is 1. The zero-order valence-corrected chi connectivity index (χ0v) is 77.0. The van der Waals surface area contributed by atoms with Crippen LogP contribution in [0.4, 0.5) is 57.1 Å². The number of likely N-dealkylation sites (N-methyl/N-ethyl adjacent to an activating group) is 3. The molecule has 12 heterocycles. The number of fused-ring (bicyclic) bond motifs is 8. The topological polar surface area (TPSA) is 228 Å². The maximum absolute atomic E-state index is 15.9. The number of nitrogens with one attached hydrogen (secondary N) is 1. The Morgan fingerprint density at radius 1 is 0.455 bits per heavy atom. The average molecular weight is 1900 g/mol. The van der Waals surface area contributed by atoms with E-state index in [1.165, 1.54) is 57.1 Å². The second kappa shape index (κ2) is 37.8. The number of alkyl halides is 13. The molecule has 4 aromatic carbocycles. The lowest BCUT2D eigenvalue weighted by Crippen LogP contribution is -2.63. The summed E-state index contributed by atoms with van der Waals surface area (Å²) in [6, 6.07) is 30.0. The maximum Gasteiger partial charge on any atom is 0.456 e. The van der Waals surface area contributed by atoms with Crippen LogP contribution in [0.3, 0.4) is 0 Å². The quantitative estimate of drug-likeness (QED) is 0.0836. The number of likely N-dealkylation sites (tertiary alicyclic amines) is 4. The van der Waals surface area contributed by atoms with Crippen LogP contribution >= 0.6 is 11.6 Å². The van der Waals surface area contributed by atoms with Crippen LogP contribution in [0.5, 0.6) is 23.0 Å². The van der Waals surface area contributed by atoms with Gasteiger partial charge in [-0.15, -0.1) is 0 Å². The lowest BCUT2D eigenvalue weighted by molar-refractivity contribution is -0.146. The number of aromatic nitrogens is 4. The summed E-state index contributed by atoms with van der Waals surface area (Å²) in [5, 5.41) is 3.18. The van der Waals surface area contributed by atoms with Crippen LogP contribution in [0, 0.1) is 13.8 Å². The van der Waals surface area contributed by atoms with E-state index in [0.29, 0.717) is 176 Å². The smallest absolute Gasteiger partial charge is 0.456 e. The fourth-order valence-electron chi connectivity index (χ4n) is 19.8. The first kappa shape index (κ1) is 99.1. The number of methoxy groups -OCH3 is 2. The van der Waals surface area contributed by atoms with Gasteiger partial charge in [0.1, 0.15) is 23.3 Å². The highest BCUT2D eigenvalue weighted by Gasteiger charge is 2.56. The molecular weight excluding hydrogens is 1790 g/mol. The molecule has 4 fully saturated rings. The highest BCUT2D eigenvalue weighted by molar-refractivity contribution is 7.92. The number of carbonyl (C=O) groups excluding carboxylic acids is 6. The van der Waals surface area contributed by atoms with Crippen molar-refractivity contribution in [3.8, 4) is 23.0 Å². The summed E-state index contributed by atoms with van der Waals surface area (Å²) in [6.45, 7) is 18.6. The average Bonchev–Trinajstić information content (AvgIpc) is 1.64. The first-order valence-corrected chi connectivity index (χ1v) is 45.5. The highest BCUT2D eigenvalue weighted by atomic mass is 35.5. The number of hydrogen-bond acceptors (Lipinski definition) is 16. The van der Waals surface area contributed by atoms with Crippen LogP contribution in [0.25, 0.3) is 0 Å². The Labute approximate surface area is 763 Å². The fraction of sp³-hybridized carbons (Fsp3) is 0.505. The van der Waals surface area contributed by atoms with E-state index >= 15 is 4.39 Å². The molecule has 0 unspecified atom stereocenters. The van der Waals surface area contributed by atoms with Gasteiger partial charge in [0.25, 0.3) is 29.4 Å². The minimum atomic E-state index is -4.90. The molecule has 8 aliphatic heterocycles. The molecule has 16 rings (SSSR count). The zero-order valence-electron chi connectivity index (χ0n) is 75.4. The normalized spacial score (nSPS) is 19.8. The second-order valence-electron chi connectivity index (χ2n) is 35.6. The van der Waals surface area contributed by atoms with Gasteiger partial charge in [0.2, 0.25) is 5.91 Å². The van der Waals surface area contributed by atoms with Gasteiger partial charge in [0, 0.05) is 137 Å². The SMILES string of the molecule is COc1cc(C(=O)N2CCC3(CC2)NCC(=O)n2c(C(F)(F)F)ccc23)ccc1OC(C)C.COc1cc(C(=O)N2CC[C@]3(c4ccc(C(F)(F)F)n4CCN3C)[C@@H](F)C2)ccc1OC(C)C.Cc1cc(C(=O)N2CCC3(CC2)c2ccc(C(=O)C(F)(F)F)n2CCN3C)ccc1Cl.Cc1cc(C(=O)N2CCC3(CC2)c2ccc(C(F)(F)F)n2CCN3C)ccc1S(=O)(=O)C(C)C.[HH]. The predicted molar refractivity (Wildman–Crippen MR) is 466 cm³/mol. The summed E-state index contributed by atoms with van der Waals surface area (Å²) in [5.41, 5.74) is -0.658. The standard InChI is InChI=1S/C24H29F4N3O3.C24H30F3N3O3S.C23H26F3N3O4.C22H23ClF3N3O2.H2/c1-15(2)34-17-6-5-16(13-18(17)33-4)22(32)30-10-9-23(19(25)14-30)20-7-8-21(24(26,27)28)31(20)12-11-29(23)3;1-16(2)34(32,33)19-6-5-18(15-17(19)3)22(31)29-11-9-23(10-12-29)20-7-8-21(24(25,26)27)30(20)14-13-28(23)4;1-14(2)33-16-5-4-15(12-17(16)32-3)21(31)28-10-8-22(9-11-28)18-6-7-19(23(24,25)26)29(18)20(30)13-27-22;1-14-13-15(3-4-16(14)23)20(31)28-9-7-21(8-10-28)18-6-5-17(19(30)22(24,25)26)29(18)12-11-27(21)2;/h5-8,13,15,19H,9-12,14H2,1-4H3;5-8,15-16H,9-14H2,1-4H3;4-7,12,14,27H,8-11,13H2,1-3H3;3-6,13H,7-12H2,1-2H3;1H/t19-,23+;;;;/m0..../s1. The molecule has 132 heavy (non-hydrogen) atoms. The number of aryl methyl sites for hydroxylation is 2. The van der Waals surface area contributed by atoms with Crippen molar-refractivity contribution in [1.82, 2.24) is 57.9 Å². The zero-order chi connectivity index (χ0) is 96.4. The van der Waals surface area contributed by atoms with E-state index in [1.807, 2.05) is 48.7 Å². The molecule has 4 amide bonds. The Morgan fingerprint density at radius 3 is 1.30 bits per heavy atom. The molecule has 39 heteroatoms. The molecule has 2 atom stereocenters. The van der Waals surface area contributed by atoms with Crippen molar-refractivity contribution in [3.63, 3.8) is 0 Å². The summed E-state index contributed by atoms with van der Waals surface area (Å²) in [5.74, 6) is -1.41. The monoisotopic (exact) mass is 1900 g/mol. The van der Waals surface area contributed by atoms with Gasteiger partial charge in [0.05, 0.1) is 77.5 Å². The number of Topliss-reactive ketones (excluding diaryl/α,β-unsaturated/α-hetero) is 1. The van der Waals surface area contributed by atoms with E-state index in [-0.39, 0.29) is 93.5 Å². The summed E-state index contributed by atoms with van der Waals surface area (Å²) < 4.78 is 228. The number of ketones is 1. The highest BCUT2D eigenvalue weighted by Crippen LogP contribution is 2.50. The molecule has 8 aliphatic rings. The van der Waals surface area contributed by atoms with E-state index in [9.17, 15) is 89.9 Å². The number of nitrogens with zero attached hydrogens (tertiary/aromatic N) is 11. The van der Waals surface area contributed by atoms with E-state index < -0.39 is 96.9 Å². The van der Waals surface area contributed by atoms with Gasteiger partial charge in [-0.1, -0.05) is 11.6 Å². The first-order valence-electron chi connectivity index (χ1n) is 43.6. The molecule has 0 aliphatic carbocycles. The molecule has 4 saturated heterocycles. The third-order valence-electron chi connectivity index (χ3n) is 26.9. The molecule has 0 saturated carbocycles. The summed E-state index contributed by atoms with van der Waals surface area (Å²) in [4.78, 5) is 89.4. The van der Waals surface area contributed by atoms with Gasteiger partial charge in [0.15, 0.2) is 32.8 Å². The van der Waals surface area contributed by atoms with Crippen molar-refractivity contribution in [2.75, 3.05) is 114 Å². The first-order chi connectivity index (χ1) is 61.9. The van der Waals surface area contributed by atoms with E-state index in [4.69, 9.17) is 30.5 Å². The van der Waals surface area contributed by atoms with Crippen LogP contribution in [-0.2, 0) is 70.2 Å². The van der Waals surface area contributed by atoms with Crippen LogP contribution < -0.4 is 24.3 Å². The number of carbonyl (C=O) groups is 6. The number of piperidine rings is 4. The van der Waals surface area contributed by atoms with Gasteiger partial charge >= 0.3 is 24.7 Å². The van der Waals surface area contributed by atoms with E-state index in [2.05, 4.69) is 15.1 Å². The lowest BCUT2D eigenvalue weighted by atomic mass is 9.79. The molecular formula is C93H110ClF13N12O12S. The van der Waals surface area contributed by atoms with Crippen molar-refractivity contribution in [2.24, 2.45) is 0 Å². The molecule has 0 radical (unpaired) electrons. The predicted octanol–water partition coefficient (Wildman–Crippen LogP) is 16.6. The Bertz CT molecular complexity index is 5780. The molecule has 4 aromatic heterocycles. The van der Waals surface area contributed by atoms with Crippen molar-refractivity contribution in [2.45, 2.75) is 195 Å². The Kier molecular flexibility index (Phi) is 28.4. The van der Waals surface area contributed by atoms with Crippen LogP contribution in [0.15, 0.2) is 126 Å². The van der Waals surface area contributed by atoms with Crippen LogP contribution in [0.1, 0.15) is 196 Å². The number of halogens is 14. The molecule has 0 bridgehead atoms. The number of rotatable bonds is 13. The minimum absolute atomic E-state index is 0. The summed E-state index contributed by atoms with van der Waals surface area (Å²) in [7, 11) is 5.13. The van der Waals surface area contributed by atoms with E-state index in [0.717, 1.165) is 28.3 Å². The van der Waals surface area contributed by atoms with Gasteiger partial charge < -0.3 is 52.2 Å². The number of benzene rings is 4. The molecule has 718 valence electrons. The Balaban J connectivity index is 0.000000160. The Morgan fingerprint density at radius 2 is 0.848 bits per heavy atom. The summed E-state index contributed by atoms with van der Waals surface area (Å²) >= 11 is 6.06. The lowest BCUT2D eigenvalue weighted by Gasteiger charge is -2.52. The van der Waals surface area contributed by atoms with Crippen molar-refractivity contribution in [3.05, 3.63) is 205 Å². The Hall–Kier alpha value is -10.4. The van der Waals surface area contributed by atoms with Gasteiger partial charge in [-0.2, -0.15) is 52.7 Å². The largest absolute Gasteiger partial charge is 0.493 e. The van der Waals surface area contributed by atoms with Gasteiger partial charge in [-0.3, -0.25) is 53.4 Å². The van der Waals surface area contributed by atoms with Crippen LogP contribution in [-0.4, -0.2) is 240 Å². The van der Waals surface area contributed by atoms with Crippen LogP contribution in [0.2, 0.25) is 5.02 Å². The van der Waals surface area contributed by atoms with Gasteiger partial charge in [-0.05, 0) is 254 Å². The molecule has 4 spiro atoms. The third-order valence-corrected chi connectivity index (χ3v) is 29.7. The number of hydrogen-bond donors (Lipinski definition) is 1. The van der Waals surface area contributed by atoms with Crippen molar-refractivity contribution < 1.29 is 115 Å². The van der Waals surface area contributed by atoms with Crippen molar-refractivity contribution in [1.29, 1.82) is 0 Å².